The number of aliphatic carboxylic acids is 1. The van der Waals surface area contributed by atoms with Crippen LogP contribution in [0, 0.1) is 5.92 Å². The van der Waals surface area contributed by atoms with Gasteiger partial charge in [0.2, 0.25) is 12.0 Å². The summed E-state index contributed by atoms with van der Waals surface area (Å²) in [6, 6.07) is 20.8. The second-order valence-electron chi connectivity index (χ2n) is 17.6. The van der Waals surface area contributed by atoms with Gasteiger partial charge in [-0.2, -0.15) is 0 Å². The molecule has 68 heavy (non-hydrogen) atoms. The lowest BCUT2D eigenvalue weighted by Gasteiger charge is -2.59. The first-order valence-electron chi connectivity index (χ1n) is 22.3. The van der Waals surface area contributed by atoms with E-state index in [0.717, 1.165) is 22.4 Å². The highest BCUT2D eigenvalue weighted by molar-refractivity contribution is 6.13. The van der Waals surface area contributed by atoms with Crippen LogP contribution in [0.5, 0.6) is 34.5 Å². The van der Waals surface area contributed by atoms with Crippen molar-refractivity contribution < 1.29 is 69.6 Å². The average molecular weight is 926 g/mol. The van der Waals surface area contributed by atoms with E-state index < -0.39 is 53.4 Å². The van der Waals surface area contributed by atoms with Gasteiger partial charge in [-0.15, -0.1) is 0 Å². The minimum atomic E-state index is -2.68. The van der Waals surface area contributed by atoms with Crippen LogP contribution in [0.2, 0.25) is 0 Å². The highest BCUT2D eigenvalue weighted by atomic mass is 16.7. The summed E-state index contributed by atoms with van der Waals surface area (Å²) < 4.78 is 31.3. The summed E-state index contributed by atoms with van der Waals surface area (Å²) in [6.07, 6.45) is 0.696. The number of hydrogen-bond acceptors (Lipinski definition) is 14. The fourth-order valence-corrected chi connectivity index (χ4v) is 10.2. The van der Waals surface area contributed by atoms with E-state index in [2.05, 4.69) is 15.0 Å². The molecule has 0 saturated carbocycles. The minimum Gasteiger partial charge on any atom is -0.508 e. The molecule has 4 aromatic carbocycles. The maximum atomic E-state index is 13.3. The number of aliphatic hydroxyl groups excluding tert-OH is 2. The lowest BCUT2D eigenvalue weighted by molar-refractivity contribution is -0.342. The second-order valence-corrected chi connectivity index (χ2v) is 17.6. The SMILES string of the molecule is CCc1cc(O)cc(COc2c(OC3OC(C(=O)O)C4(O)C(C5=NC=NC5)C5=C(CCc6ccccc6C5)C3(O)C4O)cc3c(c2O)C(O)=CC(c2ccc(OCCC4=NC(=[NH2+])C=C4)cc2)O3)c1. The number of aliphatic imine (C=N–C) groups is 3. The van der Waals surface area contributed by atoms with Crippen molar-refractivity contribution in [2.24, 2.45) is 20.9 Å². The monoisotopic (exact) mass is 925 g/mol. The van der Waals surface area contributed by atoms with Crippen molar-refractivity contribution in [1.29, 1.82) is 0 Å². The van der Waals surface area contributed by atoms with E-state index in [4.69, 9.17) is 29.1 Å². The van der Waals surface area contributed by atoms with Gasteiger partial charge in [-0.05, 0) is 94.4 Å². The normalized spacial score (nSPS) is 26.7. The van der Waals surface area contributed by atoms with E-state index in [1.165, 1.54) is 24.5 Å². The number of phenols is 2. The molecule has 17 heteroatoms. The fourth-order valence-electron chi connectivity index (χ4n) is 10.2. The Morgan fingerprint density at radius 2 is 1.74 bits per heavy atom. The van der Waals surface area contributed by atoms with Crippen molar-refractivity contribution >= 4 is 35.3 Å². The maximum absolute atomic E-state index is 13.3. The first-order chi connectivity index (χ1) is 32.8. The molecule has 0 amide bonds. The molecule has 1 saturated heterocycles. The molecule has 350 valence electrons. The summed E-state index contributed by atoms with van der Waals surface area (Å²) in [4.78, 5) is 26.2. The molecule has 1 fully saturated rings. The summed E-state index contributed by atoms with van der Waals surface area (Å²) in [7, 11) is 0. The number of carbonyl (C=O) groups is 1. The Balaban J connectivity index is 1.04. The summed E-state index contributed by atoms with van der Waals surface area (Å²) in [5.41, 5.74) is 0.0670. The zero-order valence-electron chi connectivity index (χ0n) is 36.8. The van der Waals surface area contributed by atoms with Gasteiger partial charge >= 0.3 is 11.8 Å². The molecule has 2 aliphatic carbocycles. The lowest BCUT2D eigenvalue weighted by Crippen LogP contribution is -2.80. The average Bonchev–Trinajstić information content (AvgIpc) is 3.96. The topological polar surface area (TPSA) is 267 Å². The smallest absolute Gasteiger partial charge is 0.336 e. The molecule has 0 aromatic heterocycles. The van der Waals surface area contributed by atoms with Crippen molar-refractivity contribution in [1.82, 2.24) is 0 Å². The molecular formula is C51H49N4O13+. The van der Waals surface area contributed by atoms with Gasteiger partial charge in [0.05, 0.1) is 24.8 Å². The summed E-state index contributed by atoms with van der Waals surface area (Å²) in [5, 5.41) is 89.1. The standard InChI is InChI=1S/C51H48N4O13/c1-2-26-17-27(19-32(56)18-26)24-65-45-40(22-39-42(44(45)58)37(57)21-38(66-39)29-7-11-33(12-8-29)64-16-15-31-10-14-41(52)55-31)67-49-50(62)35-13-9-28-5-3-4-6-30(28)20-34(35)43(36-23-53-25-54-36)51(63,48(50)61)46(68-49)47(59)60/h3-8,10-12,14,17-19,21-22,25,38,43,46,48-49,52,56-58,61-63H,2,9,13,15-16,20,23-24H2,1H3,(H,59,60)/p+1. The second kappa shape index (κ2) is 17.4. The van der Waals surface area contributed by atoms with E-state index >= 15 is 0 Å². The maximum Gasteiger partial charge on any atom is 0.336 e. The summed E-state index contributed by atoms with van der Waals surface area (Å²) in [6.45, 7) is 2.03. The number of nitrogens with two attached hydrogens (primary N) is 1. The quantitative estimate of drug-likeness (QED) is 0.0888. The summed E-state index contributed by atoms with van der Waals surface area (Å²) in [5.74, 6) is -3.73. The first kappa shape index (κ1) is 44.5. The van der Waals surface area contributed by atoms with E-state index in [9.17, 15) is 40.5 Å². The van der Waals surface area contributed by atoms with Gasteiger partial charge in [-0.25, -0.2) is 9.79 Å². The van der Waals surface area contributed by atoms with Crippen LogP contribution in [0.3, 0.4) is 0 Å². The number of carboxylic acids is 1. The van der Waals surface area contributed by atoms with E-state index in [0.29, 0.717) is 59.9 Å². The predicted molar refractivity (Wildman–Crippen MR) is 247 cm³/mol. The molecule has 6 aliphatic rings. The van der Waals surface area contributed by atoms with Gasteiger partial charge < -0.3 is 59.4 Å². The van der Waals surface area contributed by atoms with Crippen LogP contribution in [0.4, 0.5) is 0 Å². The highest BCUT2D eigenvalue weighted by Crippen LogP contribution is 2.57. The van der Waals surface area contributed by atoms with Crippen LogP contribution in [0.1, 0.15) is 59.3 Å². The molecule has 0 spiro atoms. The van der Waals surface area contributed by atoms with Crippen LogP contribution >= 0.6 is 0 Å². The number of aryl methyl sites for hydroxylation is 2. The van der Waals surface area contributed by atoms with E-state index in [1.807, 2.05) is 37.3 Å². The third-order valence-electron chi connectivity index (χ3n) is 13.5. The Hall–Kier alpha value is -7.31. The number of phenolic OH excluding ortho intramolecular Hbond substituents is 2. The van der Waals surface area contributed by atoms with Gasteiger partial charge in [0.25, 0.3) is 0 Å². The van der Waals surface area contributed by atoms with Gasteiger partial charge in [0.15, 0.2) is 28.9 Å². The molecule has 4 aromatic rings. The Labute approximate surface area is 389 Å². The van der Waals surface area contributed by atoms with E-state index in [1.54, 1.807) is 42.5 Å². The number of allylic oxidation sites excluding steroid dienone is 1. The fraction of sp³-hybridized carbons (Fsp3) is 0.314. The van der Waals surface area contributed by atoms with Gasteiger partial charge in [-0.1, -0.05) is 55.0 Å². The first-order valence-corrected chi connectivity index (χ1v) is 22.3. The minimum absolute atomic E-state index is 0.0148. The largest absolute Gasteiger partial charge is 0.508 e. The predicted octanol–water partition coefficient (Wildman–Crippen LogP) is 3.82. The molecular weight excluding hydrogens is 877 g/mol. The van der Waals surface area contributed by atoms with Gasteiger partial charge in [0, 0.05) is 24.6 Å². The van der Waals surface area contributed by atoms with Crippen LogP contribution in [-0.2, 0) is 35.4 Å². The number of aliphatic hydroxyl groups is 4. The molecule has 17 nitrogen and oxygen atoms in total. The summed E-state index contributed by atoms with van der Waals surface area (Å²) >= 11 is 0. The van der Waals surface area contributed by atoms with Crippen molar-refractivity contribution in [2.75, 3.05) is 13.2 Å². The van der Waals surface area contributed by atoms with Crippen LogP contribution in [0.25, 0.3) is 5.76 Å². The van der Waals surface area contributed by atoms with E-state index in [-0.39, 0.29) is 65.9 Å². The zero-order chi connectivity index (χ0) is 47.5. The number of rotatable bonds is 13. The molecule has 7 atom stereocenters. The molecule has 7 unspecified atom stereocenters. The molecule has 2 bridgehead atoms. The number of fused-ring (bicyclic) bond motifs is 5. The zero-order valence-corrected chi connectivity index (χ0v) is 36.8. The molecule has 0 radical (unpaired) electrons. The van der Waals surface area contributed by atoms with Crippen molar-refractivity contribution in [3.05, 3.63) is 136 Å². The number of amidine groups is 1. The van der Waals surface area contributed by atoms with Crippen molar-refractivity contribution in [3.63, 3.8) is 0 Å². The number of aromatic hydroxyl groups is 2. The third-order valence-corrected chi connectivity index (χ3v) is 13.5. The Morgan fingerprint density at radius 1 is 0.956 bits per heavy atom. The van der Waals surface area contributed by atoms with Crippen LogP contribution < -0.4 is 24.4 Å². The third kappa shape index (κ3) is 7.66. The number of hydrogen-bond donors (Lipinski definition) is 8. The number of carboxylic acid groups (broad SMARTS) is 1. The van der Waals surface area contributed by atoms with Crippen LogP contribution in [-0.4, -0.2) is 108 Å². The Kier molecular flexibility index (Phi) is 11.4. The van der Waals surface area contributed by atoms with Crippen molar-refractivity contribution in [2.45, 2.75) is 81.4 Å². The lowest BCUT2D eigenvalue weighted by atomic mass is 9.57. The number of ether oxygens (including phenoxy) is 5. The van der Waals surface area contributed by atoms with Gasteiger partial charge in [-0.3, -0.25) is 10.4 Å². The Bertz CT molecular complexity index is 2920. The Morgan fingerprint density at radius 3 is 2.46 bits per heavy atom. The van der Waals surface area contributed by atoms with Gasteiger partial charge in [0.1, 0.15) is 59.3 Å². The number of nitrogens with zero attached hydrogens (tertiary/aromatic N) is 3. The van der Waals surface area contributed by atoms with Crippen LogP contribution in [0.15, 0.2) is 117 Å². The van der Waals surface area contributed by atoms with Crippen molar-refractivity contribution in [3.8, 4) is 34.5 Å². The highest BCUT2D eigenvalue weighted by Gasteiger charge is 2.73. The molecule has 9 N–H and O–H groups in total. The molecule has 4 heterocycles. The molecule has 10 rings (SSSR count). The number of benzene rings is 4. The molecule has 4 aliphatic heterocycles.